The summed E-state index contributed by atoms with van der Waals surface area (Å²) in [6, 6.07) is 8.21. The molecular weight excluding hydrogens is 432 g/mol. The molecular formula is C23H26N2O4S2. The van der Waals surface area contributed by atoms with Crippen molar-refractivity contribution in [3.05, 3.63) is 44.4 Å². The summed E-state index contributed by atoms with van der Waals surface area (Å²) < 4.78 is 11.1. The Morgan fingerprint density at radius 1 is 1.16 bits per heavy atom. The van der Waals surface area contributed by atoms with Gasteiger partial charge in [-0.25, -0.2) is 0 Å². The lowest BCUT2D eigenvalue weighted by Crippen LogP contribution is -2.42. The van der Waals surface area contributed by atoms with Crippen molar-refractivity contribution in [3.63, 3.8) is 0 Å². The second kappa shape index (κ2) is 7.98. The predicted molar refractivity (Wildman–Crippen MR) is 120 cm³/mol. The number of benzene rings is 1. The number of hydrogen-bond donors (Lipinski definition) is 1. The van der Waals surface area contributed by atoms with Gasteiger partial charge in [-0.15, -0.1) is 11.8 Å². The number of thiazole rings is 1. The lowest BCUT2D eigenvalue weighted by Gasteiger charge is -2.40. The average Bonchev–Trinajstić information content (AvgIpc) is 3.51. The quantitative estimate of drug-likeness (QED) is 0.761. The highest BCUT2D eigenvalue weighted by Gasteiger charge is 2.54. The van der Waals surface area contributed by atoms with Crippen LogP contribution in [0.5, 0.6) is 5.75 Å². The number of H-pyrrole nitrogens is 1. The Hall–Kier alpha value is -1.77. The Morgan fingerprint density at radius 3 is 2.74 bits per heavy atom. The zero-order valence-corrected chi connectivity index (χ0v) is 18.9. The number of nitrogens with one attached hydrogen (secondary N) is 1. The SMILES string of the molecule is O=C(COc1ccc([C@H]2c3sc(=O)[nH]c3SC3C4CCC(C4)C32)cc1)N1CCOCC1. The van der Waals surface area contributed by atoms with Crippen LogP contribution in [0.4, 0.5) is 0 Å². The number of hydrogen-bond acceptors (Lipinski definition) is 6. The smallest absolute Gasteiger partial charge is 0.305 e. The van der Waals surface area contributed by atoms with Gasteiger partial charge >= 0.3 is 4.87 Å². The van der Waals surface area contributed by atoms with E-state index in [-0.39, 0.29) is 23.3 Å². The van der Waals surface area contributed by atoms with E-state index in [9.17, 15) is 9.59 Å². The Kier molecular flexibility index (Phi) is 5.11. The molecule has 2 aliphatic heterocycles. The molecule has 164 valence electrons. The molecule has 2 bridgehead atoms. The molecule has 1 aromatic carbocycles. The van der Waals surface area contributed by atoms with Crippen molar-refractivity contribution in [1.29, 1.82) is 0 Å². The second-order valence-electron chi connectivity index (χ2n) is 9.03. The number of morpholine rings is 1. The van der Waals surface area contributed by atoms with Crippen LogP contribution in [0.2, 0.25) is 0 Å². The van der Waals surface area contributed by atoms with Crippen molar-refractivity contribution < 1.29 is 14.3 Å². The third-order valence-corrected chi connectivity index (χ3v) is 10.1. The number of nitrogens with zero attached hydrogens (tertiary/aromatic N) is 1. The van der Waals surface area contributed by atoms with Crippen LogP contribution in [0, 0.1) is 17.8 Å². The van der Waals surface area contributed by atoms with Gasteiger partial charge in [0.1, 0.15) is 5.75 Å². The van der Waals surface area contributed by atoms with Crippen molar-refractivity contribution in [3.8, 4) is 5.75 Å². The first-order valence-electron chi connectivity index (χ1n) is 11.2. The van der Waals surface area contributed by atoms with E-state index >= 15 is 0 Å². The molecule has 2 aromatic rings. The predicted octanol–water partition coefficient (Wildman–Crippen LogP) is 3.33. The van der Waals surface area contributed by atoms with Crippen LogP contribution in [0.1, 0.15) is 35.6 Å². The topological polar surface area (TPSA) is 71.6 Å². The molecule has 6 nitrogen and oxygen atoms in total. The molecule has 3 heterocycles. The van der Waals surface area contributed by atoms with Gasteiger partial charge in [-0.05, 0) is 54.7 Å². The number of aromatic amines is 1. The molecule has 5 atom stereocenters. The molecule has 2 aliphatic carbocycles. The summed E-state index contributed by atoms with van der Waals surface area (Å²) in [5.74, 6) is 3.15. The second-order valence-corrected chi connectivity index (χ2v) is 11.2. The molecule has 0 spiro atoms. The standard InChI is InChI=1S/C23H26N2O4S2/c26-17(25-7-9-28-10-8-25)12-29-16-5-3-13(4-6-16)18-19-14-1-2-15(11-14)20(19)30-22-21(18)31-23(27)24-22/h3-6,14-15,18-20H,1-2,7-12H2,(H,24,27)/t14?,15?,18-,19?,20?/m1/s1. The fourth-order valence-electron chi connectivity index (χ4n) is 6.04. The minimum Gasteiger partial charge on any atom is -0.484 e. The number of fused-ring (bicyclic) bond motifs is 6. The van der Waals surface area contributed by atoms with Crippen LogP contribution >= 0.6 is 23.1 Å². The van der Waals surface area contributed by atoms with Gasteiger partial charge in [0.25, 0.3) is 5.91 Å². The summed E-state index contributed by atoms with van der Waals surface area (Å²) in [5.41, 5.74) is 1.26. The summed E-state index contributed by atoms with van der Waals surface area (Å²) in [6.45, 7) is 2.51. The Labute approximate surface area is 189 Å². The van der Waals surface area contributed by atoms with Crippen LogP contribution in [-0.4, -0.2) is 54.0 Å². The van der Waals surface area contributed by atoms with Crippen LogP contribution in [-0.2, 0) is 9.53 Å². The van der Waals surface area contributed by atoms with Crippen LogP contribution in [0.25, 0.3) is 0 Å². The third-order valence-electron chi connectivity index (χ3n) is 7.43. The van der Waals surface area contributed by atoms with Gasteiger partial charge in [-0.2, -0.15) is 0 Å². The van der Waals surface area contributed by atoms with E-state index in [4.69, 9.17) is 9.47 Å². The molecule has 1 amide bonds. The van der Waals surface area contributed by atoms with Crippen LogP contribution < -0.4 is 9.61 Å². The normalized spacial score (nSPS) is 31.4. The van der Waals surface area contributed by atoms with E-state index in [1.54, 1.807) is 4.90 Å². The molecule has 1 saturated heterocycles. The van der Waals surface area contributed by atoms with E-state index in [1.807, 2.05) is 23.9 Å². The average molecular weight is 459 g/mol. The Balaban J connectivity index is 1.21. The van der Waals surface area contributed by atoms with E-state index in [1.165, 1.54) is 41.0 Å². The van der Waals surface area contributed by atoms with Crippen molar-refractivity contribution in [2.24, 2.45) is 17.8 Å². The van der Waals surface area contributed by atoms with Gasteiger partial charge in [0.2, 0.25) is 0 Å². The summed E-state index contributed by atoms with van der Waals surface area (Å²) in [6.07, 6.45) is 3.99. The van der Waals surface area contributed by atoms with Gasteiger partial charge in [-0.3, -0.25) is 9.59 Å². The van der Waals surface area contributed by atoms with Crippen molar-refractivity contribution in [2.45, 2.75) is 35.5 Å². The maximum absolute atomic E-state index is 12.3. The molecule has 1 N–H and O–H groups in total. The van der Waals surface area contributed by atoms with Crippen molar-refractivity contribution >= 4 is 29.0 Å². The molecule has 31 heavy (non-hydrogen) atoms. The molecule has 2 saturated carbocycles. The van der Waals surface area contributed by atoms with Gasteiger partial charge in [-0.1, -0.05) is 23.5 Å². The fraction of sp³-hybridized carbons (Fsp3) is 0.565. The number of rotatable bonds is 4. The van der Waals surface area contributed by atoms with Gasteiger partial charge in [0, 0.05) is 29.1 Å². The first-order chi connectivity index (χ1) is 15.2. The number of thioether (sulfide) groups is 1. The lowest BCUT2D eigenvalue weighted by atomic mass is 9.75. The number of ether oxygens (including phenoxy) is 2. The molecule has 6 rings (SSSR count). The van der Waals surface area contributed by atoms with E-state index in [0.717, 1.165) is 16.9 Å². The minimum absolute atomic E-state index is 0.00300. The summed E-state index contributed by atoms with van der Waals surface area (Å²) in [5, 5.41) is 1.70. The van der Waals surface area contributed by atoms with Gasteiger partial charge in [0.05, 0.1) is 18.2 Å². The molecule has 4 aliphatic rings. The first kappa shape index (κ1) is 19.9. The van der Waals surface area contributed by atoms with Gasteiger partial charge < -0.3 is 19.4 Å². The van der Waals surface area contributed by atoms with Crippen LogP contribution in [0.15, 0.2) is 34.1 Å². The van der Waals surface area contributed by atoms with E-state index < -0.39 is 0 Å². The summed E-state index contributed by atoms with van der Waals surface area (Å²) in [4.78, 5) is 30.6. The molecule has 0 radical (unpaired) electrons. The monoisotopic (exact) mass is 458 g/mol. The highest BCUT2D eigenvalue weighted by atomic mass is 32.2. The molecule has 4 unspecified atom stereocenters. The lowest BCUT2D eigenvalue weighted by molar-refractivity contribution is -0.137. The molecule has 3 fully saturated rings. The van der Waals surface area contributed by atoms with Crippen molar-refractivity contribution in [1.82, 2.24) is 9.88 Å². The van der Waals surface area contributed by atoms with E-state index in [2.05, 4.69) is 17.1 Å². The number of carbonyl (C=O) groups excluding carboxylic acids is 1. The number of amides is 1. The summed E-state index contributed by atoms with van der Waals surface area (Å²) in [7, 11) is 0. The largest absolute Gasteiger partial charge is 0.484 e. The van der Waals surface area contributed by atoms with Crippen molar-refractivity contribution in [2.75, 3.05) is 32.9 Å². The first-order valence-corrected chi connectivity index (χ1v) is 12.8. The summed E-state index contributed by atoms with van der Waals surface area (Å²) >= 11 is 3.30. The molecule has 1 aromatic heterocycles. The Bertz CT molecular complexity index is 1030. The highest BCUT2D eigenvalue weighted by Crippen LogP contribution is 2.63. The van der Waals surface area contributed by atoms with Crippen LogP contribution in [0.3, 0.4) is 0 Å². The third kappa shape index (κ3) is 3.52. The zero-order chi connectivity index (χ0) is 20.9. The van der Waals surface area contributed by atoms with E-state index in [0.29, 0.717) is 43.2 Å². The fourth-order valence-corrected chi connectivity index (χ4v) is 8.94. The maximum atomic E-state index is 12.3. The highest BCUT2D eigenvalue weighted by molar-refractivity contribution is 8.00. The van der Waals surface area contributed by atoms with Gasteiger partial charge in [0.15, 0.2) is 6.61 Å². The Morgan fingerprint density at radius 2 is 1.94 bits per heavy atom. The number of carbonyl (C=O) groups is 1. The zero-order valence-electron chi connectivity index (χ0n) is 17.2. The molecule has 8 heteroatoms. The number of aromatic nitrogens is 1. The maximum Gasteiger partial charge on any atom is 0.305 e. The minimum atomic E-state index is 0.00300.